The third-order valence-electron chi connectivity index (χ3n) is 9.25. The van der Waals surface area contributed by atoms with Gasteiger partial charge < -0.3 is 35.4 Å². The van der Waals surface area contributed by atoms with E-state index in [0.29, 0.717) is 13.0 Å². The minimum atomic E-state index is -0.854. The Morgan fingerprint density at radius 3 is 2.26 bits per heavy atom. The van der Waals surface area contributed by atoms with E-state index in [-0.39, 0.29) is 48.1 Å². The summed E-state index contributed by atoms with van der Waals surface area (Å²) in [5.74, 6) is -1.03. The van der Waals surface area contributed by atoms with Crippen LogP contribution in [0.15, 0.2) is 30.3 Å². The van der Waals surface area contributed by atoms with E-state index in [4.69, 9.17) is 15.2 Å². The van der Waals surface area contributed by atoms with Crippen molar-refractivity contribution in [2.45, 2.75) is 110 Å². The second-order valence-corrected chi connectivity index (χ2v) is 12.5. The first-order valence-electron chi connectivity index (χ1n) is 15.7. The van der Waals surface area contributed by atoms with Gasteiger partial charge in [-0.3, -0.25) is 14.4 Å². The first-order chi connectivity index (χ1) is 20.3. The number of nitrogens with one attached hydrogen (secondary N) is 1. The fraction of sp³-hybridized carbons (Fsp3) is 0.727. The number of nitrogens with two attached hydrogens (primary N) is 1. The quantitative estimate of drug-likeness (QED) is 0.264. The number of aliphatic hydroxyl groups is 1. The van der Waals surface area contributed by atoms with Gasteiger partial charge >= 0.3 is 0 Å². The number of amides is 3. The van der Waals surface area contributed by atoms with Crippen molar-refractivity contribution in [3.63, 3.8) is 0 Å². The zero-order valence-electron chi connectivity index (χ0n) is 27.7. The third kappa shape index (κ3) is 9.23. The minimum Gasteiger partial charge on any atom is -0.386 e. The molecule has 4 N–H and O–H groups in total. The van der Waals surface area contributed by atoms with Crippen LogP contribution in [0.1, 0.15) is 78.9 Å². The lowest BCUT2D eigenvalue weighted by molar-refractivity contribution is -0.146. The van der Waals surface area contributed by atoms with Gasteiger partial charge in [-0.25, -0.2) is 0 Å². The van der Waals surface area contributed by atoms with Crippen molar-refractivity contribution < 1.29 is 29.0 Å². The van der Waals surface area contributed by atoms with E-state index < -0.39 is 36.3 Å². The fourth-order valence-electron chi connectivity index (χ4n) is 6.20. The highest BCUT2D eigenvalue weighted by Gasteiger charge is 2.42. The molecule has 1 aromatic carbocycles. The zero-order valence-corrected chi connectivity index (χ0v) is 27.7. The van der Waals surface area contributed by atoms with Gasteiger partial charge in [-0.1, -0.05) is 71.4 Å². The Morgan fingerprint density at radius 2 is 1.72 bits per heavy atom. The van der Waals surface area contributed by atoms with Gasteiger partial charge in [0, 0.05) is 27.8 Å². The molecule has 244 valence electrons. The van der Waals surface area contributed by atoms with Crippen molar-refractivity contribution in [3.05, 3.63) is 35.9 Å². The molecule has 2 rings (SSSR count). The van der Waals surface area contributed by atoms with E-state index >= 15 is 0 Å². The molecular formula is C33H56N4O6. The fourth-order valence-corrected chi connectivity index (χ4v) is 6.20. The first kappa shape index (κ1) is 36.7. The molecule has 10 nitrogen and oxygen atoms in total. The Balaban J connectivity index is 2.17. The molecule has 1 fully saturated rings. The number of nitrogens with zero attached hydrogens (tertiary/aromatic N) is 2. The molecule has 3 amide bonds. The van der Waals surface area contributed by atoms with Gasteiger partial charge in [0.2, 0.25) is 17.7 Å². The SMILES string of the molecule is CC[C@H](C)[C@@H]([C@@H](CC(=O)N1CCC[C@H]1[C@H](OC)[C@@H](C)C(=O)N[C@H](C)[C@@H](O)c1ccccc1)OC)N(C)C(=O)C(N)C(C)C. The van der Waals surface area contributed by atoms with Crippen molar-refractivity contribution in [3.8, 4) is 0 Å². The Labute approximate surface area is 258 Å². The van der Waals surface area contributed by atoms with E-state index in [9.17, 15) is 19.5 Å². The summed E-state index contributed by atoms with van der Waals surface area (Å²) in [6.07, 6.45) is 0.474. The number of methoxy groups -OCH3 is 2. The summed E-state index contributed by atoms with van der Waals surface area (Å²) >= 11 is 0. The van der Waals surface area contributed by atoms with E-state index in [2.05, 4.69) is 19.2 Å². The van der Waals surface area contributed by atoms with Crippen LogP contribution in [0.2, 0.25) is 0 Å². The van der Waals surface area contributed by atoms with Crippen molar-refractivity contribution in [1.82, 2.24) is 15.1 Å². The molecule has 0 radical (unpaired) electrons. The van der Waals surface area contributed by atoms with Crippen molar-refractivity contribution in [1.29, 1.82) is 0 Å². The van der Waals surface area contributed by atoms with E-state index in [0.717, 1.165) is 18.4 Å². The summed E-state index contributed by atoms with van der Waals surface area (Å²) in [5.41, 5.74) is 6.93. The Bertz CT molecular complexity index is 1020. The maximum absolute atomic E-state index is 13.8. The molecule has 10 heteroatoms. The van der Waals surface area contributed by atoms with Crippen LogP contribution in [0.25, 0.3) is 0 Å². The van der Waals surface area contributed by atoms with Crippen molar-refractivity contribution in [2.75, 3.05) is 27.8 Å². The van der Waals surface area contributed by atoms with E-state index in [1.807, 2.05) is 49.1 Å². The largest absolute Gasteiger partial charge is 0.386 e. The number of ether oxygens (including phenoxy) is 2. The Kier molecular flexibility index (Phi) is 14.6. The van der Waals surface area contributed by atoms with E-state index in [1.54, 1.807) is 40.0 Å². The number of hydrogen-bond donors (Lipinski definition) is 3. The maximum Gasteiger partial charge on any atom is 0.239 e. The maximum atomic E-state index is 13.8. The lowest BCUT2D eigenvalue weighted by Gasteiger charge is -2.40. The number of likely N-dealkylation sites (tertiary alicyclic amines) is 1. The average Bonchev–Trinajstić information content (AvgIpc) is 3.49. The minimum absolute atomic E-state index is 0.0183. The molecule has 1 aromatic rings. The number of hydrogen-bond acceptors (Lipinski definition) is 7. The van der Waals surface area contributed by atoms with E-state index in [1.165, 1.54) is 0 Å². The number of aliphatic hydroxyl groups excluding tert-OH is 1. The summed E-state index contributed by atoms with van der Waals surface area (Å²) in [6.45, 7) is 12.1. The van der Waals surface area contributed by atoms with Gasteiger partial charge in [0.25, 0.3) is 0 Å². The highest BCUT2D eigenvalue weighted by molar-refractivity contribution is 5.83. The third-order valence-corrected chi connectivity index (χ3v) is 9.25. The summed E-state index contributed by atoms with van der Waals surface area (Å²) < 4.78 is 11.7. The van der Waals surface area contributed by atoms with Gasteiger partial charge in [-0.15, -0.1) is 0 Å². The van der Waals surface area contributed by atoms with Gasteiger partial charge in [0.05, 0.1) is 54.8 Å². The first-order valence-corrected chi connectivity index (χ1v) is 15.7. The van der Waals surface area contributed by atoms with Gasteiger partial charge in [0.1, 0.15) is 0 Å². The van der Waals surface area contributed by atoms with Crippen LogP contribution in [0, 0.1) is 17.8 Å². The molecule has 0 aromatic heterocycles. The van der Waals surface area contributed by atoms with Gasteiger partial charge in [0.15, 0.2) is 0 Å². The van der Waals surface area contributed by atoms with Gasteiger partial charge in [-0.2, -0.15) is 0 Å². The highest BCUT2D eigenvalue weighted by Crippen LogP contribution is 2.30. The molecule has 1 aliphatic rings. The van der Waals surface area contributed by atoms with Crippen LogP contribution < -0.4 is 11.1 Å². The molecule has 1 unspecified atom stereocenters. The highest BCUT2D eigenvalue weighted by atomic mass is 16.5. The summed E-state index contributed by atoms with van der Waals surface area (Å²) in [4.78, 5) is 43.8. The summed E-state index contributed by atoms with van der Waals surface area (Å²) in [6, 6.07) is 7.43. The molecule has 0 spiro atoms. The van der Waals surface area contributed by atoms with Crippen LogP contribution in [-0.4, -0.2) is 96.8 Å². The predicted molar refractivity (Wildman–Crippen MR) is 168 cm³/mol. The number of likely N-dealkylation sites (N-methyl/N-ethyl adjacent to an activating group) is 1. The molecular weight excluding hydrogens is 548 g/mol. The monoisotopic (exact) mass is 604 g/mol. The number of rotatable bonds is 16. The second kappa shape index (κ2) is 17.1. The van der Waals surface area contributed by atoms with Crippen LogP contribution in [0.5, 0.6) is 0 Å². The van der Waals surface area contributed by atoms with Crippen LogP contribution in [0.3, 0.4) is 0 Å². The lowest BCUT2D eigenvalue weighted by Crippen LogP contribution is -2.56. The summed E-state index contributed by atoms with van der Waals surface area (Å²) in [5, 5.41) is 13.7. The molecule has 0 aliphatic carbocycles. The Hall–Kier alpha value is -2.53. The second-order valence-electron chi connectivity index (χ2n) is 12.5. The molecule has 0 bridgehead atoms. The molecule has 1 heterocycles. The molecule has 1 saturated heterocycles. The number of carbonyl (C=O) groups is 3. The van der Waals surface area contributed by atoms with Crippen LogP contribution >= 0.6 is 0 Å². The molecule has 9 atom stereocenters. The van der Waals surface area contributed by atoms with Crippen molar-refractivity contribution in [2.24, 2.45) is 23.5 Å². The zero-order chi connectivity index (χ0) is 32.4. The molecule has 1 aliphatic heterocycles. The summed E-state index contributed by atoms with van der Waals surface area (Å²) in [7, 11) is 4.88. The van der Waals surface area contributed by atoms with Crippen LogP contribution in [-0.2, 0) is 23.9 Å². The number of benzene rings is 1. The standard InChI is InChI=1S/C33H56N4O6/c1-10-21(4)29(36(7)33(41)28(34)20(2)3)26(42-8)19-27(38)37-18-14-17-25(37)31(43-9)22(5)32(40)35-23(6)30(39)24-15-12-11-13-16-24/h11-13,15-16,20-23,25-26,28-31,39H,10,14,17-19,34H2,1-9H3,(H,35,40)/t21-,22+,23+,25-,26+,28?,29-,30+,31+/m0/s1. The smallest absolute Gasteiger partial charge is 0.239 e. The Morgan fingerprint density at radius 1 is 1.09 bits per heavy atom. The van der Waals surface area contributed by atoms with Gasteiger partial charge in [-0.05, 0) is 37.2 Å². The average molecular weight is 605 g/mol. The molecule has 0 saturated carbocycles. The number of carbonyl (C=O) groups excluding carboxylic acids is 3. The lowest BCUT2D eigenvalue weighted by atomic mass is 9.89. The van der Waals surface area contributed by atoms with Crippen molar-refractivity contribution >= 4 is 17.7 Å². The normalized spacial score (nSPS) is 20.9. The van der Waals surface area contributed by atoms with Crippen LogP contribution in [0.4, 0.5) is 0 Å². The topological polar surface area (TPSA) is 134 Å². The predicted octanol–water partition coefficient (Wildman–Crippen LogP) is 3.13. The molecule has 43 heavy (non-hydrogen) atoms.